The van der Waals surface area contributed by atoms with Crippen molar-refractivity contribution in [2.45, 2.75) is 19.4 Å². The summed E-state index contributed by atoms with van der Waals surface area (Å²) in [5.41, 5.74) is -0.694. The number of rotatable bonds is 2. The van der Waals surface area contributed by atoms with Crippen molar-refractivity contribution in [2.75, 3.05) is 6.61 Å². The van der Waals surface area contributed by atoms with Crippen LogP contribution in [-0.2, 0) is 15.1 Å². The van der Waals surface area contributed by atoms with Crippen LogP contribution in [0.15, 0.2) is 30.3 Å². The van der Waals surface area contributed by atoms with Gasteiger partial charge in [0.05, 0.1) is 6.61 Å². The minimum atomic E-state index is -1.34. The lowest BCUT2D eigenvalue weighted by Gasteiger charge is -2.16. The zero-order valence-electron chi connectivity index (χ0n) is 9.36. The summed E-state index contributed by atoms with van der Waals surface area (Å²) in [6.45, 7) is 3.52. The second-order valence-electron chi connectivity index (χ2n) is 3.41. The van der Waals surface area contributed by atoms with Gasteiger partial charge in [0, 0.05) is 5.92 Å². The van der Waals surface area contributed by atoms with E-state index in [9.17, 15) is 9.90 Å². The van der Waals surface area contributed by atoms with Crippen LogP contribution in [0.25, 0.3) is 0 Å². The van der Waals surface area contributed by atoms with E-state index in [0.29, 0.717) is 5.56 Å². The van der Waals surface area contributed by atoms with E-state index in [1.54, 1.807) is 31.2 Å². The summed E-state index contributed by atoms with van der Waals surface area (Å²) in [6, 6.07) is 8.95. The lowest BCUT2D eigenvalue weighted by molar-refractivity contribution is -0.136. The quantitative estimate of drug-likeness (QED) is 0.464. The van der Waals surface area contributed by atoms with Gasteiger partial charge in [-0.25, -0.2) is 4.79 Å². The highest BCUT2D eigenvalue weighted by atomic mass is 16.5. The number of carbonyl (C=O) groups excluding carboxylic acids is 1. The molecule has 0 heterocycles. The van der Waals surface area contributed by atoms with Gasteiger partial charge in [0.25, 0.3) is 0 Å². The summed E-state index contributed by atoms with van der Waals surface area (Å²) in [6.07, 6.45) is 0. The number of hydrogen-bond donors (Lipinski definition) is 1. The van der Waals surface area contributed by atoms with Gasteiger partial charge in [0.2, 0.25) is 0 Å². The fourth-order valence-electron chi connectivity index (χ4n) is 1.17. The lowest BCUT2D eigenvalue weighted by atomic mass is 9.97. The Bertz CT molecular complexity index is 410. The second-order valence-corrected chi connectivity index (χ2v) is 3.41. The zero-order valence-corrected chi connectivity index (χ0v) is 9.36. The Hall–Kier alpha value is -1.79. The predicted octanol–water partition coefficient (Wildman–Crippen LogP) is 1.46. The maximum Gasteiger partial charge on any atom is 0.384 e. The first-order chi connectivity index (χ1) is 7.56. The number of benzene rings is 1. The van der Waals surface area contributed by atoms with Gasteiger partial charge < -0.3 is 9.84 Å². The van der Waals surface area contributed by atoms with Crippen LogP contribution in [0.3, 0.4) is 0 Å². The van der Waals surface area contributed by atoms with E-state index in [1.165, 1.54) is 6.92 Å². The van der Waals surface area contributed by atoms with Gasteiger partial charge in [-0.2, -0.15) is 0 Å². The normalized spacial score (nSPS) is 13.2. The summed E-state index contributed by atoms with van der Waals surface area (Å²) in [5.74, 6) is 4.13. The van der Waals surface area contributed by atoms with E-state index in [4.69, 9.17) is 0 Å². The summed E-state index contributed by atoms with van der Waals surface area (Å²) in [4.78, 5) is 11.0. The highest BCUT2D eigenvalue weighted by Crippen LogP contribution is 2.18. The van der Waals surface area contributed by atoms with Gasteiger partial charge in [-0.15, -0.1) is 0 Å². The molecule has 3 nitrogen and oxygen atoms in total. The van der Waals surface area contributed by atoms with Crippen LogP contribution in [0.1, 0.15) is 19.4 Å². The van der Waals surface area contributed by atoms with Crippen LogP contribution in [0, 0.1) is 11.8 Å². The molecule has 1 atom stereocenters. The molecule has 84 valence electrons. The molecule has 16 heavy (non-hydrogen) atoms. The minimum Gasteiger partial charge on any atom is -0.456 e. The Balaban J connectivity index is 2.83. The minimum absolute atomic E-state index is 0.279. The maximum atomic E-state index is 11.0. The summed E-state index contributed by atoms with van der Waals surface area (Å²) in [7, 11) is 0. The predicted molar refractivity (Wildman–Crippen MR) is 60.4 cm³/mol. The first kappa shape index (κ1) is 12.3. The third kappa shape index (κ3) is 3.41. The van der Waals surface area contributed by atoms with Gasteiger partial charge in [-0.1, -0.05) is 36.3 Å². The topological polar surface area (TPSA) is 46.5 Å². The Labute approximate surface area is 95.1 Å². The molecule has 1 aromatic rings. The zero-order chi connectivity index (χ0) is 12.0. The first-order valence-electron chi connectivity index (χ1n) is 5.04. The Morgan fingerprint density at radius 3 is 2.62 bits per heavy atom. The fourth-order valence-corrected chi connectivity index (χ4v) is 1.17. The van der Waals surface area contributed by atoms with E-state index >= 15 is 0 Å². The van der Waals surface area contributed by atoms with E-state index in [0.717, 1.165) is 0 Å². The number of carbonyl (C=O) groups is 1. The molecule has 0 amide bonds. The molecule has 3 heteroatoms. The maximum absolute atomic E-state index is 11.0. The Morgan fingerprint density at radius 2 is 2.06 bits per heavy atom. The molecular weight excluding hydrogens is 204 g/mol. The van der Waals surface area contributed by atoms with E-state index in [1.807, 2.05) is 6.07 Å². The molecule has 0 aliphatic rings. The molecule has 0 aromatic heterocycles. The average Bonchev–Trinajstić information content (AvgIpc) is 2.28. The van der Waals surface area contributed by atoms with Gasteiger partial charge in [0.15, 0.2) is 0 Å². The van der Waals surface area contributed by atoms with Gasteiger partial charge in [-0.05, 0) is 19.4 Å². The molecule has 0 aliphatic heterocycles. The molecule has 0 saturated carbocycles. The van der Waals surface area contributed by atoms with Crippen LogP contribution in [0.5, 0.6) is 0 Å². The van der Waals surface area contributed by atoms with Crippen LogP contribution in [-0.4, -0.2) is 17.7 Å². The fraction of sp³-hybridized carbons (Fsp3) is 0.308. The van der Waals surface area contributed by atoms with Crippen molar-refractivity contribution >= 4 is 5.97 Å². The van der Waals surface area contributed by atoms with Crippen molar-refractivity contribution in [1.82, 2.24) is 0 Å². The highest BCUT2D eigenvalue weighted by molar-refractivity contribution is 5.88. The Morgan fingerprint density at radius 1 is 1.44 bits per heavy atom. The Kier molecular flexibility index (Phi) is 4.10. The molecule has 1 unspecified atom stereocenters. The summed E-state index contributed by atoms with van der Waals surface area (Å²) in [5, 5.41) is 10.0. The highest BCUT2D eigenvalue weighted by Gasteiger charge is 2.19. The largest absolute Gasteiger partial charge is 0.456 e. The first-order valence-corrected chi connectivity index (χ1v) is 5.04. The van der Waals surface area contributed by atoms with Gasteiger partial charge in [-0.3, -0.25) is 0 Å². The molecule has 0 fully saturated rings. The van der Waals surface area contributed by atoms with Gasteiger partial charge in [0.1, 0.15) is 5.60 Å². The molecule has 0 radical (unpaired) electrons. The van der Waals surface area contributed by atoms with E-state index in [2.05, 4.69) is 16.6 Å². The van der Waals surface area contributed by atoms with Crippen LogP contribution in [0.2, 0.25) is 0 Å². The van der Waals surface area contributed by atoms with Crippen molar-refractivity contribution < 1.29 is 14.6 Å². The number of ether oxygens (including phenoxy) is 1. The molecule has 0 saturated heterocycles. The van der Waals surface area contributed by atoms with Crippen molar-refractivity contribution in [3.63, 3.8) is 0 Å². The lowest BCUT2D eigenvalue weighted by Crippen LogP contribution is -2.18. The molecule has 0 aliphatic carbocycles. The summed E-state index contributed by atoms with van der Waals surface area (Å²) >= 11 is 0. The molecule has 1 aromatic carbocycles. The standard InChI is InChI=1S/C13H14O3/c1-3-16-12(14)9-10-13(2,15)11-7-5-4-6-8-11/h4-8,15H,3H2,1-2H3. The average molecular weight is 218 g/mol. The molecule has 0 spiro atoms. The van der Waals surface area contributed by atoms with Gasteiger partial charge >= 0.3 is 5.97 Å². The number of hydrogen-bond acceptors (Lipinski definition) is 3. The third-order valence-electron chi connectivity index (χ3n) is 2.02. The van der Waals surface area contributed by atoms with Crippen molar-refractivity contribution in [3.8, 4) is 11.8 Å². The van der Waals surface area contributed by atoms with Crippen molar-refractivity contribution in [3.05, 3.63) is 35.9 Å². The van der Waals surface area contributed by atoms with Crippen molar-refractivity contribution in [2.24, 2.45) is 0 Å². The van der Waals surface area contributed by atoms with E-state index < -0.39 is 11.6 Å². The van der Waals surface area contributed by atoms with Crippen LogP contribution in [0.4, 0.5) is 0 Å². The molecule has 0 bridgehead atoms. The molecule has 1 N–H and O–H groups in total. The second kappa shape index (κ2) is 5.34. The molecule has 1 rings (SSSR count). The molecular formula is C13H14O3. The van der Waals surface area contributed by atoms with Crippen LogP contribution < -0.4 is 0 Å². The third-order valence-corrected chi connectivity index (χ3v) is 2.02. The van der Waals surface area contributed by atoms with Crippen molar-refractivity contribution in [1.29, 1.82) is 0 Å². The number of aliphatic hydroxyl groups is 1. The van der Waals surface area contributed by atoms with E-state index in [-0.39, 0.29) is 6.61 Å². The summed E-state index contributed by atoms with van der Waals surface area (Å²) < 4.78 is 4.65. The number of esters is 1. The van der Waals surface area contributed by atoms with Crippen LogP contribution >= 0.6 is 0 Å². The smallest absolute Gasteiger partial charge is 0.384 e. The SMILES string of the molecule is CCOC(=O)C#CC(C)(O)c1ccccc1. The monoisotopic (exact) mass is 218 g/mol.